The molecule has 1 saturated heterocycles. The minimum atomic E-state index is -0.469. The Hall–Kier alpha value is -2.58. The lowest BCUT2D eigenvalue weighted by molar-refractivity contribution is -0.122. The van der Waals surface area contributed by atoms with Gasteiger partial charge in [-0.2, -0.15) is 0 Å². The highest BCUT2D eigenvalue weighted by Gasteiger charge is 2.36. The summed E-state index contributed by atoms with van der Waals surface area (Å²) < 4.78 is 10.3. The number of hydrogen-bond donors (Lipinski definition) is 0. The number of rotatable bonds is 6. The topological polar surface area (TPSA) is 72.9 Å². The zero-order valence-electron chi connectivity index (χ0n) is 14.1. The first kappa shape index (κ1) is 18.2. The van der Waals surface area contributed by atoms with Crippen molar-refractivity contribution < 1.29 is 23.9 Å². The Morgan fingerprint density at radius 2 is 2.00 bits per heavy atom. The molecule has 0 radical (unpaired) electrons. The number of carbonyl (C=O) groups is 3. The zero-order chi connectivity index (χ0) is 18.7. The number of ether oxygens (including phenoxy) is 2. The van der Waals surface area contributed by atoms with Crippen molar-refractivity contribution in [2.75, 3.05) is 20.8 Å². The van der Waals surface area contributed by atoms with Crippen LogP contribution in [0.1, 0.15) is 15.2 Å². The molecule has 2 heterocycles. The summed E-state index contributed by atoms with van der Waals surface area (Å²) in [6, 6.07) is 8.52. The van der Waals surface area contributed by atoms with Crippen LogP contribution in [-0.2, 0) is 4.79 Å². The van der Waals surface area contributed by atoms with Crippen molar-refractivity contribution in [2.24, 2.45) is 0 Å². The van der Waals surface area contributed by atoms with Crippen LogP contribution in [0, 0.1) is 0 Å². The van der Waals surface area contributed by atoms with Crippen molar-refractivity contribution in [3.05, 3.63) is 51.1 Å². The second-order valence-electron chi connectivity index (χ2n) is 5.27. The van der Waals surface area contributed by atoms with E-state index in [0.29, 0.717) is 16.4 Å². The lowest BCUT2D eigenvalue weighted by Gasteiger charge is -2.14. The average molecular weight is 389 g/mol. The van der Waals surface area contributed by atoms with Crippen molar-refractivity contribution in [3.8, 4) is 11.5 Å². The van der Waals surface area contributed by atoms with Gasteiger partial charge in [-0.15, -0.1) is 11.3 Å². The monoisotopic (exact) mass is 389 g/mol. The Balaban J connectivity index is 1.81. The molecule has 2 amide bonds. The number of thioether (sulfide) groups is 1. The molecule has 1 aromatic heterocycles. The van der Waals surface area contributed by atoms with Gasteiger partial charge in [0, 0.05) is 4.88 Å². The number of carbonyl (C=O) groups excluding carboxylic acids is 3. The minimum absolute atomic E-state index is 0.258. The average Bonchev–Trinajstić information content (AvgIpc) is 3.25. The van der Waals surface area contributed by atoms with Crippen LogP contribution >= 0.6 is 23.1 Å². The molecular weight excluding hydrogens is 374 g/mol. The molecule has 0 aliphatic carbocycles. The summed E-state index contributed by atoms with van der Waals surface area (Å²) >= 11 is 2.30. The fourth-order valence-electron chi connectivity index (χ4n) is 2.40. The quantitative estimate of drug-likeness (QED) is 0.554. The van der Waals surface area contributed by atoms with Crippen LogP contribution in [-0.4, -0.2) is 42.6 Å². The van der Waals surface area contributed by atoms with E-state index in [4.69, 9.17) is 9.47 Å². The van der Waals surface area contributed by atoms with E-state index in [0.717, 1.165) is 21.5 Å². The molecule has 0 spiro atoms. The summed E-state index contributed by atoms with van der Waals surface area (Å²) in [5.41, 5.74) is 0.258. The number of amides is 2. The number of benzene rings is 1. The van der Waals surface area contributed by atoms with Crippen LogP contribution < -0.4 is 9.47 Å². The summed E-state index contributed by atoms with van der Waals surface area (Å²) in [6.07, 6.45) is 1.66. The van der Waals surface area contributed by atoms with Crippen molar-refractivity contribution in [1.29, 1.82) is 0 Å². The lowest BCUT2D eigenvalue weighted by Crippen LogP contribution is -2.33. The third kappa shape index (κ3) is 3.66. The van der Waals surface area contributed by atoms with Gasteiger partial charge in [-0.3, -0.25) is 19.3 Å². The smallest absolute Gasteiger partial charge is 0.293 e. The van der Waals surface area contributed by atoms with Gasteiger partial charge in [0.25, 0.3) is 11.1 Å². The van der Waals surface area contributed by atoms with Gasteiger partial charge in [0.2, 0.25) is 0 Å². The highest BCUT2D eigenvalue weighted by Crippen LogP contribution is 2.33. The van der Waals surface area contributed by atoms with Gasteiger partial charge in [0.05, 0.1) is 31.2 Å². The number of imide groups is 1. The number of ketones is 1. The number of hydrogen-bond acceptors (Lipinski definition) is 7. The second-order valence-corrected chi connectivity index (χ2v) is 7.25. The van der Waals surface area contributed by atoms with Gasteiger partial charge in [0.1, 0.15) is 11.5 Å². The second kappa shape index (κ2) is 7.76. The molecular formula is C18H15NO5S2. The molecule has 2 aromatic rings. The highest BCUT2D eigenvalue weighted by atomic mass is 32.2. The van der Waals surface area contributed by atoms with E-state index in [1.165, 1.54) is 31.6 Å². The molecule has 0 bridgehead atoms. The first-order valence-electron chi connectivity index (χ1n) is 7.57. The number of Topliss-reactive ketones (excluding diaryl/α,β-unsaturated/α-hetero) is 1. The maximum Gasteiger partial charge on any atom is 0.293 e. The molecule has 1 aliphatic heterocycles. The molecule has 0 saturated carbocycles. The van der Waals surface area contributed by atoms with Crippen LogP contribution in [0.5, 0.6) is 11.5 Å². The molecule has 26 heavy (non-hydrogen) atoms. The van der Waals surface area contributed by atoms with E-state index < -0.39 is 16.9 Å². The molecule has 1 aromatic carbocycles. The van der Waals surface area contributed by atoms with Gasteiger partial charge in [-0.05, 0) is 47.5 Å². The molecule has 0 N–H and O–H groups in total. The van der Waals surface area contributed by atoms with Gasteiger partial charge < -0.3 is 9.47 Å². The van der Waals surface area contributed by atoms with Crippen molar-refractivity contribution in [2.45, 2.75) is 0 Å². The van der Waals surface area contributed by atoms with Crippen LogP contribution in [0.3, 0.4) is 0 Å². The van der Waals surface area contributed by atoms with Crippen LogP contribution in [0.4, 0.5) is 4.79 Å². The minimum Gasteiger partial charge on any atom is -0.497 e. The summed E-state index contributed by atoms with van der Waals surface area (Å²) in [7, 11) is 2.93. The fourth-order valence-corrected chi connectivity index (χ4v) is 3.96. The molecule has 0 atom stereocenters. The Kier molecular flexibility index (Phi) is 5.43. The summed E-state index contributed by atoms with van der Waals surface area (Å²) in [6.45, 7) is -0.351. The molecule has 6 nitrogen and oxygen atoms in total. The summed E-state index contributed by atoms with van der Waals surface area (Å²) in [5.74, 6) is -0.0261. The standard InChI is InChI=1S/C18H15NO5S2/c1-23-11-5-6-15(24-2)13(8-11)14(20)10-19-17(21)16(26-18(19)22)9-12-4-3-7-25-12/h3-9H,10H2,1-2H3/b16-9-. The molecule has 0 unspecified atom stereocenters. The lowest BCUT2D eigenvalue weighted by atomic mass is 10.1. The van der Waals surface area contributed by atoms with Crippen LogP contribution in [0.2, 0.25) is 0 Å². The van der Waals surface area contributed by atoms with E-state index in [2.05, 4.69) is 0 Å². The van der Waals surface area contributed by atoms with E-state index in [-0.39, 0.29) is 12.1 Å². The Morgan fingerprint density at radius 3 is 2.65 bits per heavy atom. The van der Waals surface area contributed by atoms with Gasteiger partial charge in [-0.1, -0.05) is 6.07 Å². The van der Waals surface area contributed by atoms with Gasteiger partial charge >= 0.3 is 0 Å². The Bertz CT molecular complexity index is 889. The normalized spacial score (nSPS) is 15.6. The first-order chi connectivity index (χ1) is 12.5. The predicted octanol–water partition coefficient (Wildman–Crippen LogP) is 3.68. The number of nitrogens with zero attached hydrogens (tertiary/aromatic N) is 1. The predicted molar refractivity (Wildman–Crippen MR) is 101 cm³/mol. The third-order valence-electron chi connectivity index (χ3n) is 3.70. The van der Waals surface area contributed by atoms with Crippen LogP contribution in [0.15, 0.2) is 40.6 Å². The number of methoxy groups -OCH3 is 2. The number of thiophene rings is 1. The summed E-state index contributed by atoms with van der Waals surface area (Å²) in [4.78, 5) is 39.5. The first-order valence-corrected chi connectivity index (χ1v) is 9.27. The Labute approximate surface area is 158 Å². The van der Waals surface area contributed by atoms with Gasteiger partial charge in [0.15, 0.2) is 5.78 Å². The zero-order valence-corrected chi connectivity index (χ0v) is 15.7. The van der Waals surface area contributed by atoms with Crippen molar-refractivity contribution >= 4 is 46.1 Å². The van der Waals surface area contributed by atoms with Crippen molar-refractivity contribution in [3.63, 3.8) is 0 Å². The maximum absolute atomic E-state index is 12.7. The van der Waals surface area contributed by atoms with E-state index in [9.17, 15) is 14.4 Å². The largest absolute Gasteiger partial charge is 0.497 e. The molecule has 3 rings (SSSR count). The molecule has 1 aliphatic rings. The summed E-state index contributed by atoms with van der Waals surface area (Å²) in [5, 5.41) is 1.42. The van der Waals surface area contributed by atoms with E-state index in [1.807, 2.05) is 17.5 Å². The van der Waals surface area contributed by atoms with Crippen LogP contribution in [0.25, 0.3) is 6.08 Å². The fraction of sp³-hybridized carbons (Fsp3) is 0.167. The molecule has 8 heteroatoms. The van der Waals surface area contributed by atoms with E-state index in [1.54, 1.807) is 18.2 Å². The SMILES string of the molecule is COc1ccc(OC)c(C(=O)CN2C(=O)S/C(=C\c3cccs3)C2=O)c1. The van der Waals surface area contributed by atoms with Gasteiger partial charge in [-0.25, -0.2) is 0 Å². The van der Waals surface area contributed by atoms with Crippen molar-refractivity contribution in [1.82, 2.24) is 4.90 Å². The molecule has 134 valence electrons. The molecule has 1 fully saturated rings. The third-order valence-corrected chi connectivity index (χ3v) is 5.43. The van der Waals surface area contributed by atoms with E-state index >= 15 is 0 Å². The highest BCUT2D eigenvalue weighted by molar-refractivity contribution is 8.18. The maximum atomic E-state index is 12.7. The Morgan fingerprint density at radius 1 is 1.19 bits per heavy atom.